The second-order valence-corrected chi connectivity index (χ2v) is 4.67. The molecule has 0 radical (unpaired) electrons. The summed E-state index contributed by atoms with van der Waals surface area (Å²) in [6, 6.07) is 6.89. The Balaban J connectivity index is 3.32. The van der Waals surface area contributed by atoms with Crippen LogP contribution in [0.2, 0.25) is 0 Å². The first-order valence-electron chi connectivity index (χ1n) is 5.85. The molecular formula is C13H17N3O2. The number of nitro groups is 1. The smallest absolute Gasteiger partial charge is 0.270 e. The van der Waals surface area contributed by atoms with Crippen LogP contribution in [0.15, 0.2) is 18.2 Å². The van der Waals surface area contributed by atoms with Gasteiger partial charge in [0.15, 0.2) is 0 Å². The first kappa shape index (κ1) is 14.0. The van der Waals surface area contributed by atoms with Crippen LogP contribution in [0.3, 0.4) is 0 Å². The summed E-state index contributed by atoms with van der Waals surface area (Å²) in [7, 11) is 0. The van der Waals surface area contributed by atoms with Gasteiger partial charge in [-0.2, -0.15) is 5.26 Å². The highest BCUT2D eigenvalue weighted by Crippen LogP contribution is 2.27. The van der Waals surface area contributed by atoms with E-state index in [1.54, 1.807) is 6.07 Å². The van der Waals surface area contributed by atoms with Crippen LogP contribution in [0.4, 0.5) is 11.4 Å². The van der Waals surface area contributed by atoms with E-state index < -0.39 is 4.92 Å². The SMILES string of the molecule is CC(C)N(c1ccc([N+](=O)[O-])cc1C#N)C(C)C. The minimum atomic E-state index is -0.486. The normalized spacial score (nSPS) is 10.5. The van der Waals surface area contributed by atoms with Gasteiger partial charge in [-0.25, -0.2) is 0 Å². The Morgan fingerprint density at radius 1 is 1.28 bits per heavy atom. The molecule has 1 aromatic carbocycles. The lowest BCUT2D eigenvalue weighted by Crippen LogP contribution is -2.37. The van der Waals surface area contributed by atoms with Crippen LogP contribution in [0, 0.1) is 21.4 Å². The molecule has 0 unspecified atom stereocenters. The lowest BCUT2D eigenvalue weighted by atomic mass is 10.1. The van der Waals surface area contributed by atoms with Crippen LogP contribution in [-0.2, 0) is 0 Å². The van der Waals surface area contributed by atoms with Gasteiger partial charge in [0.1, 0.15) is 6.07 Å². The molecular weight excluding hydrogens is 230 g/mol. The quantitative estimate of drug-likeness (QED) is 0.605. The van der Waals surface area contributed by atoms with Crippen LogP contribution < -0.4 is 4.90 Å². The van der Waals surface area contributed by atoms with Crippen molar-refractivity contribution >= 4 is 11.4 Å². The maximum absolute atomic E-state index is 10.7. The Labute approximate surface area is 107 Å². The largest absolute Gasteiger partial charge is 0.366 e. The summed E-state index contributed by atoms with van der Waals surface area (Å²) >= 11 is 0. The number of hydrogen-bond donors (Lipinski definition) is 0. The van der Waals surface area contributed by atoms with E-state index in [4.69, 9.17) is 5.26 Å². The minimum absolute atomic E-state index is 0.0530. The van der Waals surface area contributed by atoms with Gasteiger partial charge in [-0.15, -0.1) is 0 Å². The zero-order valence-electron chi connectivity index (χ0n) is 11.0. The molecule has 0 aromatic heterocycles. The molecule has 1 aromatic rings. The molecule has 96 valence electrons. The van der Waals surface area contributed by atoms with E-state index in [0.29, 0.717) is 5.56 Å². The minimum Gasteiger partial charge on any atom is -0.366 e. The van der Waals surface area contributed by atoms with Gasteiger partial charge in [0.05, 0.1) is 16.2 Å². The molecule has 5 heteroatoms. The zero-order chi connectivity index (χ0) is 13.9. The van der Waals surface area contributed by atoms with Crippen molar-refractivity contribution in [3.05, 3.63) is 33.9 Å². The molecule has 0 aliphatic heterocycles. The molecule has 0 atom stereocenters. The zero-order valence-corrected chi connectivity index (χ0v) is 11.0. The highest BCUT2D eigenvalue weighted by molar-refractivity contribution is 5.63. The predicted molar refractivity (Wildman–Crippen MR) is 70.6 cm³/mol. The molecule has 0 fully saturated rings. The van der Waals surface area contributed by atoms with Crippen molar-refractivity contribution in [2.24, 2.45) is 0 Å². The van der Waals surface area contributed by atoms with Gasteiger partial charge in [0.2, 0.25) is 0 Å². The number of hydrogen-bond acceptors (Lipinski definition) is 4. The summed E-state index contributed by atoms with van der Waals surface area (Å²) in [5, 5.41) is 19.8. The number of anilines is 1. The topological polar surface area (TPSA) is 70.2 Å². The highest BCUT2D eigenvalue weighted by Gasteiger charge is 2.19. The van der Waals surface area contributed by atoms with Crippen molar-refractivity contribution in [2.75, 3.05) is 4.90 Å². The first-order valence-corrected chi connectivity index (χ1v) is 5.85. The van der Waals surface area contributed by atoms with Gasteiger partial charge in [-0.1, -0.05) is 0 Å². The lowest BCUT2D eigenvalue weighted by molar-refractivity contribution is -0.384. The summed E-state index contributed by atoms with van der Waals surface area (Å²) in [5.74, 6) is 0. The summed E-state index contributed by atoms with van der Waals surface area (Å²) in [6.07, 6.45) is 0. The number of non-ortho nitro benzene ring substituents is 1. The van der Waals surface area contributed by atoms with E-state index in [-0.39, 0.29) is 17.8 Å². The molecule has 0 aliphatic rings. The van der Waals surface area contributed by atoms with Crippen molar-refractivity contribution in [1.29, 1.82) is 5.26 Å². The van der Waals surface area contributed by atoms with Crippen LogP contribution >= 0.6 is 0 Å². The highest BCUT2D eigenvalue weighted by atomic mass is 16.6. The van der Waals surface area contributed by atoms with Crippen LogP contribution in [0.1, 0.15) is 33.3 Å². The van der Waals surface area contributed by atoms with E-state index >= 15 is 0 Å². The van der Waals surface area contributed by atoms with Gasteiger partial charge >= 0.3 is 0 Å². The van der Waals surface area contributed by atoms with Gasteiger partial charge in [-0.05, 0) is 33.8 Å². The Bertz CT molecular complexity index is 481. The third-order valence-corrected chi connectivity index (χ3v) is 2.70. The third kappa shape index (κ3) is 2.77. The Morgan fingerprint density at radius 3 is 2.22 bits per heavy atom. The Kier molecular flexibility index (Phi) is 4.27. The molecule has 18 heavy (non-hydrogen) atoms. The van der Waals surface area contributed by atoms with Gasteiger partial charge in [0, 0.05) is 24.2 Å². The number of benzene rings is 1. The number of nitro benzene ring substituents is 1. The van der Waals surface area contributed by atoms with Crippen molar-refractivity contribution in [3.8, 4) is 6.07 Å². The Morgan fingerprint density at radius 2 is 1.83 bits per heavy atom. The molecule has 0 spiro atoms. The van der Waals surface area contributed by atoms with Gasteiger partial charge in [-0.3, -0.25) is 10.1 Å². The van der Waals surface area contributed by atoms with Crippen molar-refractivity contribution in [2.45, 2.75) is 39.8 Å². The van der Waals surface area contributed by atoms with Crippen LogP contribution in [0.25, 0.3) is 0 Å². The van der Waals surface area contributed by atoms with Crippen molar-refractivity contribution < 1.29 is 4.92 Å². The molecule has 5 nitrogen and oxygen atoms in total. The molecule has 0 bridgehead atoms. The summed E-state index contributed by atoms with van der Waals surface area (Å²) in [5.41, 5.74) is 1.03. The lowest BCUT2D eigenvalue weighted by Gasteiger charge is -2.33. The van der Waals surface area contributed by atoms with Crippen LogP contribution in [0.5, 0.6) is 0 Å². The van der Waals surface area contributed by atoms with Crippen molar-refractivity contribution in [1.82, 2.24) is 0 Å². The summed E-state index contributed by atoms with van der Waals surface area (Å²) in [4.78, 5) is 12.3. The molecule has 0 saturated heterocycles. The molecule has 0 aliphatic carbocycles. The van der Waals surface area contributed by atoms with E-state index in [0.717, 1.165) is 5.69 Å². The number of rotatable bonds is 4. The molecule has 1 rings (SSSR count). The fraction of sp³-hybridized carbons (Fsp3) is 0.462. The standard InChI is InChI=1S/C13H17N3O2/c1-9(2)15(10(3)4)13-6-5-12(16(17)18)7-11(13)8-14/h5-7,9-10H,1-4H3. The summed E-state index contributed by atoms with van der Waals surface area (Å²) in [6.45, 7) is 8.12. The first-order chi connectivity index (χ1) is 8.38. The van der Waals surface area contributed by atoms with Crippen molar-refractivity contribution in [3.63, 3.8) is 0 Å². The van der Waals surface area contributed by atoms with Gasteiger partial charge in [0.25, 0.3) is 5.69 Å². The number of nitrogens with zero attached hydrogens (tertiary/aromatic N) is 3. The van der Waals surface area contributed by atoms with Crippen LogP contribution in [-0.4, -0.2) is 17.0 Å². The number of nitriles is 1. The maximum Gasteiger partial charge on any atom is 0.270 e. The van der Waals surface area contributed by atoms with E-state index in [1.165, 1.54) is 12.1 Å². The van der Waals surface area contributed by atoms with E-state index in [2.05, 4.69) is 4.90 Å². The molecule has 0 heterocycles. The second-order valence-electron chi connectivity index (χ2n) is 4.67. The monoisotopic (exact) mass is 247 g/mol. The Hall–Kier alpha value is -2.09. The molecule has 0 saturated carbocycles. The fourth-order valence-corrected chi connectivity index (χ4v) is 2.10. The van der Waals surface area contributed by atoms with Gasteiger partial charge < -0.3 is 4.90 Å². The molecule has 0 amide bonds. The van der Waals surface area contributed by atoms with E-state index in [9.17, 15) is 10.1 Å². The average Bonchev–Trinajstić information content (AvgIpc) is 2.28. The maximum atomic E-state index is 10.7. The van der Waals surface area contributed by atoms with E-state index in [1.807, 2.05) is 33.8 Å². The fourth-order valence-electron chi connectivity index (χ4n) is 2.10. The summed E-state index contributed by atoms with van der Waals surface area (Å²) < 4.78 is 0. The predicted octanol–water partition coefficient (Wildman–Crippen LogP) is 3.09. The average molecular weight is 247 g/mol. The third-order valence-electron chi connectivity index (χ3n) is 2.70. The second kappa shape index (κ2) is 5.50. The molecule has 0 N–H and O–H groups in total.